The van der Waals surface area contributed by atoms with Crippen LogP contribution in [0.2, 0.25) is 0 Å². The molecule has 2 aliphatic rings. The molecule has 11 nitrogen and oxygen atoms in total. The zero-order valence-corrected chi connectivity index (χ0v) is 23.5. The third kappa shape index (κ3) is 6.58. The Morgan fingerprint density at radius 3 is 2.47 bits per heavy atom. The summed E-state index contributed by atoms with van der Waals surface area (Å²) in [7, 11) is -1.51. The zero-order chi connectivity index (χ0) is 27.4. The molecule has 4 heterocycles. The molecule has 2 saturated heterocycles. The number of rotatable bonds is 8. The smallest absolute Gasteiger partial charge is 0.410 e. The van der Waals surface area contributed by atoms with E-state index in [-0.39, 0.29) is 23.6 Å². The SMILES string of the molecule is COc1c(OC2CCN(C(=O)OC(C)C)CC2)ccnc1Nc1ccc(N2CCC(S(C)(=O)=O)C2)nc1C. The number of anilines is 3. The normalized spacial score (nSPS) is 18.5. The Kier molecular flexibility index (Phi) is 8.49. The van der Waals surface area contributed by atoms with E-state index in [4.69, 9.17) is 19.2 Å². The van der Waals surface area contributed by atoms with Crippen LogP contribution in [0.15, 0.2) is 24.4 Å². The number of aromatic nitrogens is 2. The molecular formula is C26H37N5O6S. The molecule has 0 bridgehead atoms. The maximum absolute atomic E-state index is 12.2. The summed E-state index contributed by atoms with van der Waals surface area (Å²) >= 11 is 0. The minimum atomic E-state index is -3.07. The number of nitrogens with one attached hydrogen (secondary N) is 1. The van der Waals surface area contributed by atoms with E-state index in [9.17, 15) is 13.2 Å². The zero-order valence-electron chi connectivity index (χ0n) is 22.6. The number of carbonyl (C=O) groups is 1. The number of ether oxygens (including phenoxy) is 3. The van der Waals surface area contributed by atoms with Gasteiger partial charge in [0.2, 0.25) is 5.75 Å². The first-order valence-corrected chi connectivity index (χ1v) is 14.8. The van der Waals surface area contributed by atoms with Crippen LogP contribution in [-0.4, -0.2) is 86.4 Å². The lowest BCUT2D eigenvalue weighted by Crippen LogP contribution is -2.42. The lowest BCUT2D eigenvalue weighted by molar-refractivity contribution is 0.0511. The van der Waals surface area contributed by atoms with Crippen molar-refractivity contribution in [3.05, 3.63) is 30.1 Å². The Hall–Kier alpha value is -3.28. The van der Waals surface area contributed by atoms with Gasteiger partial charge in [0.1, 0.15) is 11.9 Å². The second-order valence-corrected chi connectivity index (χ2v) is 12.4. The molecule has 1 N–H and O–H groups in total. The van der Waals surface area contributed by atoms with Gasteiger partial charge in [-0.3, -0.25) is 0 Å². The van der Waals surface area contributed by atoms with Gasteiger partial charge in [-0.25, -0.2) is 23.2 Å². The van der Waals surface area contributed by atoms with E-state index in [1.165, 1.54) is 6.26 Å². The highest BCUT2D eigenvalue weighted by Gasteiger charge is 2.31. The number of carbonyl (C=O) groups excluding carboxylic acids is 1. The highest BCUT2D eigenvalue weighted by atomic mass is 32.2. The minimum absolute atomic E-state index is 0.0684. The van der Waals surface area contributed by atoms with Crippen LogP contribution in [0.25, 0.3) is 0 Å². The van der Waals surface area contributed by atoms with E-state index in [1.54, 1.807) is 24.3 Å². The third-order valence-corrected chi connectivity index (χ3v) is 8.40. The first-order valence-electron chi connectivity index (χ1n) is 12.9. The molecule has 208 valence electrons. The van der Waals surface area contributed by atoms with Crippen molar-refractivity contribution in [3.63, 3.8) is 0 Å². The average molecular weight is 548 g/mol. The molecule has 0 spiro atoms. The van der Waals surface area contributed by atoms with Crippen molar-refractivity contribution in [1.82, 2.24) is 14.9 Å². The topological polar surface area (TPSA) is 123 Å². The Labute approximate surface area is 224 Å². The molecule has 38 heavy (non-hydrogen) atoms. The van der Waals surface area contributed by atoms with Crippen molar-refractivity contribution in [2.45, 2.75) is 57.5 Å². The number of nitrogens with zero attached hydrogens (tertiary/aromatic N) is 4. The van der Waals surface area contributed by atoms with Crippen molar-refractivity contribution in [1.29, 1.82) is 0 Å². The maximum Gasteiger partial charge on any atom is 0.410 e. The number of methoxy groups -OCH3 is 1. The van der Waals surface area contributed by atoms with Crippen LogP contribution in [0.4, 0.5) is 22.1 Å². The van der Waals surface area contributed by atoms with Crippen LogP contribution in [-0.2, 0) is 14.6 Å². The Balaban J connectivity index is 1.41. The number of hydrogen-bond acceptors (Lipinski definition) is 10. The standard InChI is InChI=1S/C26H37N5O6S/c1-17(2)36-26(32)30-13-9-19(10-14-30)37-22-8-12-27-25(24(22)35-4)29-21-6-7-23(28-18(21)3)31-15-11-20(16-31)38(5,33)34/h6-8,12,17,19-20H,9-11,13-16H2,1-5H3,(H,27,29). The lowest BCUT2D eigenvalue weighted by Gasteiger charge is -2.32. The van der Waals surface area contributed by atoms with Gasteiger partial charge in [-0.15, -0.1) is 0 Å². The fraction of sp³-hybridized carbons (Fsp3) is 0.577. The van der Waals surface area contributed by atoms with Crippen LogP contribution in [0.5, 0.6) is 11.5 Å². The van der Waals surface area contributed by atoms with Gasteiger partial charge in [-0.2, -0.15) is 0 Å². The van der Waals surface area contributed by atoms with Gasteiger partial charge in [0.05, 0.1) is 29.8 Å². The van der Waals surface area contributed by atoms with E-state index in [2.05, 4.69) is 10.3 Å². The summed E-state index contributed by atoms with van der Waals surface area (Å²) < 4.78 is 41.1. The monoisotopic (exact) mass is 547 g/mol. The first-order chi connectivity index (χ1) is 18.0. The molecule has 1 atom stereocenters. The summed E-state index contributed by atoms with van der Waals surface area (Å²) in [5, 5.41) is 2.94. The Morgan fingerprint density at radius 1 is 1.13 bits per heavy atom. The van der Waals surface area contributed by atoms with Crippen molar-refractivity contribution >= 4 is 33.3 Å². The van der Waals surface area contributed by atoms with Crippen molar-refractivity contribution < 1.29 is 27.4 Å². The fourth-order valence-electron chi connectivity index (χ4n) is 4.69. The number of amides is 1. The van der Waals surface area contributed by atoms with Gasteiger partial charge >= 0.3 is 6.09 Å². The quantitative estimate of drug-likeness (QED) is 0.525. The van der Waals surface area contributed by atoms with Gasteiger partial charge in [-0.05, 0) is 39.3 Å². The second-order valence-electron chi connectivity index (χ2n) is 10.0. The first kappa shape index (κ1) is 27.7. The van der Waals surface area contributed by atoms with Gasteiger partial charge in [0, 0.05) is 57.5 Å². The lowest BCUT2D eigenvalue weighted by atomic mass is 10.1. The second kappa shape index (κ2) is 11.6. The molecule has 1 unspecified atom stereocenters. The highest BCUT2D eigenvalue weighted by molar-refractivity contribution is 7.91. The number of aryl methyl sites for hydroxylation is 1. The number of hydrogen-bond donors (Lipinski definition) is 1. The number of sulfone groups is 1. The van der Waals surface area contributed by atoms with Crippen LogP contribution >= 0.6 is 0 Å². The van der Waals surface area contributed by atoms with Gasteiger partial charge in [0.15, 0.2) is 21.4 Å². The number of pyridine rings is 2. The number of piperidine rings is 1. The largest absolute Gasteiger partial charge is 0.490 e. The van der Waals surface area contributed by atoms with Crippen LogP contribution in [0, 0.1) is 6.92 Å². The molecule has 1 amide bonds. The molecule has 2 aliphatic heterocycles. The van der Waals surface area contributed by atoms with E-state index in [1.807, 2.05) is 37.8 Å². The molecule has 2 aromatic heterocycles. The summed E-state index contributed by atoms with van der Waals surface area (Å²) in [6, 6.07) is 5.56. The van der Waals surface area contributed by atoms with Crippen molar-refractivity contribution in [2.24, 2.45) is 0 Å². The maximum atomic E-state index is 12.2. The molecule has 2 fully saturated rings. The summed E-state index contributed by atoms with van der Waals surface area (Å²) in [6.07, 6.45) is 4.41. The molecule has 0 aromatic carbocycles. The summed E-state index contributed by atoms with van der Waals surface area (Å²) in [6.45, 7) is 7.80. The highest BCUT2D eigenvalue weighted by Crippen LogP contribution is 2.37. The number of likely N-dealkylation sites (tertiary alicyclic amines) is 1. The molecule has 4 rings (SSSR count). The van der Waals surface area contributed by atoms with Crippen LogP contribution in [0.1, 0.15) is 38.8 Å². The molecule has 0 radical (unpaired) electrons. The summed E-state index contributed by atoms with van der Waals surface area (Å²) in [5.74, 6) is 2.30. The van der Waals surface area contributed by atoms with Gasteiger partial charge in [0.25, 0.3) is 0 Å². The third-order valence-electron chi connectivity index (χ3n) is 6.80. The summed E-state index contributed by atoms with van der Waals surface area (Å²) in [5.41, 5.74) is 1.51. The molecule has 2 aromatic rings. The van der Waals surface area contributed by atoms with Crippen LogP contribution in [0.3, 0.4) is 0 Å². The average Bonchev–Trinajstić information content (AvgIpc) is 3.37. The van der Waals surface area contributed by atoms with E-state index < -0.39 is 9.84 Å². The van der Waals surface area contributed by atoms with Crippen molar-refractivity contribution in [2.75, 3.05) is 49.8 Å². The molecular weight excluding hydrogens is 510 g/mol. The predicted octanol–water partition coefficient (Wildman–Crippen LogP) is 3.55. The minimum Gasteiger partial charge on any atom is -0.490 e. The van der Waals surface area contributed by atoms with Gasteiger partial charge in [-0.1, -0.05) is 0 Å². The van der Waals surface area contributed by atoms with Crippen LogP contribution < -0.4 is 19.7 Å². The van der Waals surface area contributed by atoms with E-state index in [0.717, 1.165) is 17.2 Å². The molecule has 12 heteroatoms. The molecule has 0 saturated carbocycles. The van der Waals surface area contributed by atoms with E-state index in [0.29, 0.717) is 62.8 Å². The van der Waals surface area contributed by atoms with Gasteiger partial charge < -0.3 is 29.3 Å². The Bertz CT molecular complexity index is 1250. The van der Waals surface area contributed by atoms with E-state index >= 15 is 0 Å². The fourth-order valence-corrected chi connectivity index (χ4v) is 5.68. The summed E-state index contributed by atoms with van der Waals surface area (Å²) in [4.78, 5) is 25.0. The molecule has 0 aliphatic carbocycles. The van der Waals surface area contributed by atoms with Crippen molar-refractivity contribution in [3.8, 4) is 11.5 Å². The predicted molar refractivity (Wildman–Crippen MR) is 145 cm³/mol. The Morgan fingerprint density at radius 2 is 1.87 bits per heavy atom.